The molecule has 4 rings (SSSR count). The minimum absolute atomic E-state index is 0.00868. The fraction of sp³-hybridized carbons (Fsp3) is 0.654. The van der Waals surface area contributed by atoms with Crippen molar-refractivity contribution in [2.45, 2.75) is 65.3 Å². The van der Waals surface area contributed by atoms with Gasteiger partial charge in [-0.15, -0.1) is 0 Å². The third kappa shape index (κ3) is 5.02. The van der Waals surface area contributed by atoms with E-state index >= 15 is 0 Å². The van der Waals surface area contributed by atoms with Gasteiger partial charge >= 0.3 is 6.03 Å². The normalized spacial score (nSPS) is 26.2. The predicted octanol–water partition coefficient (Wildman–Crippen LogP) is 2.74. The second kappa shape index (κ2) is 9.78. The first-order chi connectivity index (χ1) is 16.8. The van der Waals surface area contributed by atoms with Crippen molar-refractivity contribution in [2.24, 2.45) is 28.5 Å². The van der Waals surface area contributed by atoms with Crippen LogP contribution in [0.3, 0.4) is 0 Å². The first kappa shape index (κ1) is 26.6. The SMILES string of the molecule is Cc1cc(N(C)C(N)=O)cc(C)c1CCS(=O)(=O)N1CCC2(CC1)N=C(C1C[C@@H](C)[C@@H](C)C1)NC2=O. The van der Waals surface area contributed by atoms with Crippen LogP contribution in [0, 0.1) is 31.6 Å². The number of anilines is 1. The predicted molar refractivity (Wildman–Crippen MR) is 142 cm³/mol. The number of carbonyl (C=O) groups is 2. The van der Waals surface area contributed by atoms with Crippen LogP contribution in [0.5, 0.6) is 0 Å². The average Bonchev–Trinajstić information content (AvgIpc) is 3.31. The molecule has 0 radical (unpaired) electrons. The molecule has 2 fully saturated rings. The number of aliphatic imine (C=N–C) groups is 1. The molecule has 3 atom stereocenters. The average molecular weight is 518 g/mol. The summed E-state index contributed by atoms with van der Waals surface area (Å²) in [7, 11) is -1.89. The molecule has 1 spiro atoms. The van der Waals surface area contributed by atoms with E-state index in [2.05, 4.69) is 19.2 Å². The second-order valence-electron chi connectivity index (χ2n) is 11.0. The number of hydrogen-bond acceptors (Lipinski definition) is 5. The van der Waals surface area contributed by atoms with Crippen LogP contribution in [0.2, 0.25) is 0 Å². The van der Waals surface area contributed by atoms with Crippen molar-refractivity contribution in [3.05, 3.63) is 28.8 Å². The van der Waals surface area contributed by atoms with Crippen LogP contribution < -0.4 is 16.0 Å². The van der Waals surface area contributed by atoms with Crippen molar-refractivity contribution >= 4 is 33.5 Å². The van der Waals surface area contributed by atoms with Crippen molar-refractivity contribution in [2.75, 3.05) is 30.8 Å². The number of urea groups is 1. The van der Waals surface area contributed by atoms with Crippen LogP contribution in [-0.2, 0) is 21.2 Å². The number of benzene rings is 1. The maximum atomic E-state index is 13.2. The van der Waals surface area contributed by atoms with Gasteiger partial charge in [0, 0.05) is 31.7 Å². The van der Waals surface area contributed by atoms with Crippen LogP contribution in [0.1, 0.15) is 56.2 Å². The molecule has 0 aromatic heterocycles. The zero-order valence-corrected chi connectivity index (χ0v) is 22.8. The fourth-order valence-electron chi connectivity index (χ4n) is 5.94. The Balaban J connectivity index is 1.40. The van der Waals surface area contributed by atoms with Gasteiger partial charge in [-0.05, 0) is 86.6 Å². The fourth-order valence-corrected chi connectivity index (χ4v) is 7.40. The lowest BCUT2D eigenvalue weighted by atomic mass is 9.89. The summed E-state index contributed by atoms with van der Waals surface area (Å²) >= 11 is 0. The lowest BCUT2D eigenvalue weighted by molar-refractivity contribution is -0.125. The quantitative estimate of drug-likeness (QED) is 0.602. The van der Waals surface area contributed by atoms with Gasteiger partial charge in [-0.3, -0.25) is 14.7 Å². The molecule has 10 heteroatoms. The first-order valence-corrected chi connectivity index (χ1v) is 14.5. The van der Waals surface area contributed by atoms with Crippen LogP contribution >= 0.6 is 0 Å². The van der Waals surface area contributed by atoms with E-state index in [0.717, 1.165) is 35.4 Å². The van der Waals surface area contributed by atoms with Gasteiger partial charge in [0.2, 0.25) is 10.0 Å². The Labute approximate surface area is 214 Å². The topological polar surface area (TPSA) is 125 Å². The molecular formula is C26H39N5O4S. The highest BCUT2D eigenvalue weighted by atomic mass is 32.2. The smallest absolute Gasteiger partial charge is 0.318 e. The Hall–Kier alpha value is -2.46. The number of nitrogens with zero attached hydrogens (tertiary/aromatic N) is 3. The highest BCUT2D eigenvalue weighted by Gasteiger charge is 2.49. The zero-order chi connectivity index (χ0) is 26.4. The molecule has 3 N–H and O–H groups in total. The summed E-state index contributed by atoms with van der Waals surface area (Å²) in [6.45, 7) is 8.92. The van der Waals surface area contributed by atoms with Gasteiger partial charge in [0.25, 0.3) is 5.91 Å². The number of amides is 3. The molecule has 1 aromatic rings. The van der Waals surface area contributed by atoms with Gasteiger partial charge in [0.15, 0.2) is 0 Å². The molecule has 3 aliphatic rings. The monoisotopic (exact) mass is 517 g/mol. The number of carbonyl (C=O) groups excluding carboxylic acids is 2. The maximum Gasteiger partial charge on any atom is 0.318 e. The first-order valence-electron chi connectivity index (χ1n) is 12.9. The lowest BCUT2D eigenvalue weighted by Gasteiger charge is -2.34. The highest BCUT2D eigenvalue weighted by molar-refractivity contribution is 7.89. The number of hydrogen-bond donors (Lipinski definition) is 2. The maximum absolute atomic E-state index is 13.2. The van der Waals surface area contributed by atoms with E-state index in [4.69, 9.17) is 10.7 Å². The number of amidine groups is 1. The highest BCUT2D eigenvalue weighted by Crippen LogP contribution is 2.39. The van der Waals surface area contributed by atoms with Gasteiger partial charge in [-0.1, -0.05) is 13.8 Å². The molecule has 3 amide bonds. The molecule has 2 heterocycles. The minimum atomic E-state index is -3.49. The number of primary amides is 1. The number of nitrogens with one attached hydrogen (secondary N) is 1. The van der Waals surface area contributed by atoms with Crippen molar-refractivity contribution in [3.8, 4) is 0 Å². The van der Waals surface area contributed by atoms with Gasteiger partial charge in [-0.2, -0.15) is 0 Å². The van der Waals surface area contributed by atoms with Crippen LogP contribution in [0.15, 0.2) is 17.1 Å². The molecule has 198 valence electrons. The van der Waals surface area contributed by atoms with Gasteiger partial charge in [0.05, 0.1) is 5.75 Å². The number of rotatable bonds is 6. The Morgan fingerprint density at radius 2 is 1.72 bits per heavy atom. The van der Waals surface area contributed by atoms with Crippen molar-refractivity contribution in [1.29, 1.82) is 0 Å². The van der Waals surface area contributed by atoms with Crippen molar-refractivity contribution in [1.82, 2.24) is 9.62 Å². The summed E-state index contributed by atoms with van der Waals surface area (Å²) < 4.78 is 27.9. The Morgan fingerprint density at radius 3 is 2.25 bits per heavy atom. The molecule has 36 heavy (non-hydrogen) atoms. The summed E-state index contributed by atoms with van der Waals surface area (Å²) in [5.74, 6) is 2.25. The Morgan fingerprint density at radius 1 is 1.17 bits per heavy atom. The van der Waals surface area contributed by atoms with Gasteiger partial charge < -0.3 is 11.1 Å². The van der Waals surface area contributed by atoms with E-state index in [1.807, 2.05) is 26.0 Å². The van der Waals surface area contributed by atoms with Crippen molar-refractivity contribution < 1.29 is 18.0 Å². The van der Waals surface area contributed by atoms with E-state index in [1.165, 1.54) is 9.21 Å². The van der Waals surface area contributed by atoms with Crippen LogP contribution in [-0.4, -0.2) is 61.9 Å². The summed E-state index contributed by atoms with van der Waals surface area (Å²) in [4.78, 5) is 30.7. The van der Waals surface area contributed by atoms with Gasteiger partial charge in [0.1, 0.15) is 11.4 Å². The van der Waals surface area contributed by atoms with E-state index in [-0.39, 0.29) is 11.7 Å². The third-order valence-electron chi connectivity index (χ3n) is 8.62. The second-order valence-corrected chi connectivity index (χ2v) is 13.1. The summed E-state index contributed by atoms with van der Waals surface area (Å²) in [5.41, 5.74) is 8.03. The molecule has 1 saturated carbocycles. The summed E-state index contributed by atoms with van der Waals surface area (Å²) in [6.07, 6.45) is 3.27. The molecule has 1 unspecified atom stereocenters. The van der Waals surface area contributed by atoms with Crippen LogP contribution in [0.4, 0.5) is 10.5 Å². The molecule has 2 aliphatic heterocycles. The Bertz CT molecular complexity index is 1150. The van der Waals surface area contributed by atoms with Crippen LogP contribution in [0.25, 0.3) is 0 Å². The largest absolute Gasteiger partial charge is 0.351 e. The van der Waals surface area contributed by atoms with E-state index in [9.17, 15) is 18.0 Å². The number of piperidine rings is 1. The molecule has 9 nitrogen and oxygen atoms in total. The molecule has 1 aliphatic carbocycles. The minimum Gasteiger partial charge on any atom is -0.351 e. The molecule has 1 aromatic carbocycles. The summed E-state index contributed by atoms with van der Waals surface area (Å²) in [5, 5.41) is 3.04. The van der Waals surface area contributed by atoms with E-state index < -0.39 is 21.6 Å². The Kier molecular flexibility index (Phi) is 7.22. The lowest BCUT2D eigenvalue weighted by Crippen LogP contribution is -2.51. The zero-order valence-electron chi connectivity index (χ0n) is 22.0. The summed E-state index contributed by atoms with van der Waals surface area (Å²) in [6, 6.07) is 3.15. The van der Waals surface area contributed by atoms with E-state index in [0.29, 0.717) is 55.8 Å². The van der Waals surface area contributed by atoms with Crippen molar-refractivity contribution in [3.63, 3.8) is 0 Å². The standard InChI is InChI=1S/C26H39N5O4S/c1-16-12-20(13-17(16)2)23-28-24(32)26(29-23)7-9-31(10-8-26)36(34,35)11-6-22-18(3)14-21(15-19(22)4)30(5)25(27)33/h14-17,20H,6-13H2,1-5H3,(H2,27,33)(H,28,29,32)/t16-,17+,20?. The molecule has 0 bridgehead atoms. The third-order valence-corrected chi connectivity index (χ3v) is 10.5. The number of sulfonamides is 1. The van der Waals surface area contributed by atoms with E-state index in [1.54, 1.807) is 7.05 Å². The number of aryl methyl sites for hydroxylation is 2. The number of nitrogens with two attached hydrogens (primary N) is 1. The van der Waals surface area contributed by atoms with Gasteiger partial charge in [-0.25, -0.2) is 17.5 Å². The molecule has 1 saturated heterocycles. The molecular weight excluding hydrogens is 478 g/mol.